The molecule has 0 aliphatic carbocycles. The molecule has 0 aromatic heterocycles. The fourth-order valence-electron chi connectivity index (χ4n) is 7.95. The van der Waals surface area contributed by atoms with Crippen molar-refractivity contribution in [3.05, 3.63) is 60.8 Å². The third-order valence-electron chi connectivity index (χ3n) is 12.3. The summed E-state index contributed by atoms with van der Waals surface area (Å²) in [6.45, 7) is 6.57. The maximum absolute atomic E-state index is 12.8. The third-order valence-corrected chi connectivity index (χ3v) is 12.3. The highest BCUT2D eigenvalue weighted by Crippen LogP contribution is 2.15. The molecule has 0 radical (unpaired) electrons. The zero-order chi connectivity index (χ0) is 47.9. The molecule has 6 heteroatoms. The molecule has 0 aliphatic rings. The molecule has 0 fully saturated rings. The van der Waals surface area contributed by atoms with Gasteiger partial charge in [-0.05, 0) is 96.3 Å². The molecular formula is C60H106O6. The summed E-state index contributed by atoms with van der Waals surface area (Å²) in [6.07, 6.45) is 67.7. The second kappa shape index (κ2) is 54.7. The third kappa shape index (κ3) is 52.1. The zero-order valence-corrected chi connectivity index (χ0v) is 43.7. The minimum atomic E-state index is -0.788. The summed E-state index contributed by atoms with van der Waals surface area (Å²) in [5.74, 6) is -0.909. The molecule has 0 rings (SSSR count). The van der Waals surface area contributed by atoms with Crippen LogP contribution in [0.4, 0.5) is 0 Å². The topological polar surface area (TPSA) is 78.9 Å². The van der Waals surface area contributed by atoms with Gasteiger partial charge in [0.25, 0.3) is 0 Å². The van der Waals surface area contributed by atoms with E-state index in [1.807, 2.05) is 0 Å². The number of carbonyl (C=O) groups excluding carboxylic acids is 3. The van der Waals surface area contributed by atoms with Gasteiger partial charge >= 0.3 is 17.9 Å². The van der Waals surface area contributed by atoms with Gasteiger partial charge in [-0.3, -0.25) is 14.4 Å². The highest BCUT2D eigenvalue weighted by Gasteiger charge is 2.19. The monoisotopic (exact) mass is 923 g/mol. The number of rotatable bonds is 51. The van der Waals surface area contributed by atoms with E-state index in [2.05, 4.69) is 81.5 Å². The lowest BCUT2D eigenvalue weighted by Crippen LogP contribution is -2.30. The van der Waals surface area contributed by atoms with Gasteiger partial charge in [0.05, 0.1) is 0 Å². The first-order valence-corrected chi connectivity index (χ1v) is 28.3. The molecule has 0 saturated heterocycles. The number of esters is 3. The van der Waals surface area contributed by atoms with Gasteiger partial charge in [-0.1, -0.05) is 229 Å². The fraction of sp³-hybridized carbons (Fsp3) is 0.783. The first kappa shape index (κ1) is 63.1. The van der Waals surface area contributed by atoms with E-state index in [1.165, 1.54) is 161 Å². The molecule has 382 valence electrons. The first-order chi connectivity index (χ1) is 32.5. The Kier molecular flexibility index (Phi) is 52.3. The molecule has 0 aromatic carbocycles. The summed E-state index contributed by atoms with van der Waals surface area (Å²) in [5, 5.41) is 0. The Labute approximate surface area is 409 Å². The van der Waals surface area contributed by atoms with Gasteiger partial charge in [-0.2, -0.15) is 0 Å². The Bertz CT molecular complexity index is 1200. The number of carbonyl (C=O) groups is 3. The second-order valence-corrected chi connectivity index (χ2v) is 18.9. The zero-order valence-electron chi connectivity index (χ0n) is 43.7. The van der Waals surface area contributed by atoms with Gasteiger partial charge in [0.1, 0.15) is 13.2 Å². The lowest BCUT2D eigenvalue weighted by molar-refractivity contribution is -0.167. The Morgan fingerprint density at radius 1 is 0.303 bits per heavy atom. The molecule has 0 aliphatic heterocycles. The van der Waals surface area contributed by atoms with E-state index in [1.54, 1.807) is 0 Å². The number of allylic oxidation sites excluding steroid dienone is 10. The average Bonchev–Trinajstić information content (AvgIpc) is 3.31. The highest BCUT2D eigenvalue weighted by molar-refractivity contribution is 5.71. The number of ether oxygens (including phenoxy) is 3. The minimum absolute atomic E-state index is 0.0865. The Morgan fingerprint density at radius 2 is 0.545 bits per heavy atom. The number of hydrogen-bond donors (Lipinski definition) is 0. The standard InChI is InChI=1S/C60H106O6/c1-4-7-10-13-16-19-22-25-28-29-30-33-35-38-41-44-47-50-53-59(62)65-56-57(66-60(63)54-51-48-45-42-39-36-32-27-24-21-18-15-12-9-6-3)55-64-58(61)52-49-46-43-40-37-34-31-26-23-20-17-14-11-8-5-2/h17-18,20-21,23-24,26-27,30,33,57H,4-16,19,22,25,28-29,31-32,34-56H2,1-3H3/b20-17-,21-18-,26-23-,27-24-,33-30-. The van der Waals surface area contributed by atoms with Crippen molar-refractivity contribution in [3.8, 4) is 0 Å². The van der Waals surface area contributed by atoms with Crippen LogP contribution < -0.4 is 0 Å². The van der Waals surface area contributed by atoms with Gasteiger partial charge in [0, 0.05) is 19.3 Å². The summed E-state index contributed by atoms with van der Waals surface area (Å²) in [5.41, 5.74) is 0. The normalized spacial score (nSPS) is 12.5. The van der Waals surface area contributed by atoms with E-state index < -0.39 is 6.10 Å². The van der Waals surface area contributed by atoms with Crippen LogP contribution in [0.1, 0.15) is 284 Å². The largest absolute Gasteiger partial charge is 0.462 e. The lowest BCUT2D eigenvalue weighted by Gasteiger charge is -2.18. The second-order valence-electron chi connectivity index (χ2n) is 18.9. The van der Waals surface area contributed by atoms with Crippen molar-refractivity contribution in [1.82, 2.24) is 0 Å². The van der Waals surface area contributed by atoms with Crippen LogP contribution in [0.15, 0.2) is 60.8 Å². The maximum Gasteiger partial charge on any atom is 0.306 e. The molecule has 0 N–H and O–H groups in total. The smallest absolute Gasteiger partial charge is 0.306 e. The van der Waals surface area contributed by atoms with Crippen LogP contribution in [0.5, 0.6) is 0 Å². The molecule has 0 amide bonds. The molecule has 0 spiro atoms. The summed E-state index contributed by atoms with van der Waals surface area (Å²) in [6, 6.07) is 0. The summed E-state index contributed by atoms with van der Waals surface area (Å²) in [4.78, 5) is 38.1. The SMILES string of the molecule is CCCCC/C=C\C=C/CCCCCCCCC(=O)OCC(COC(=O)CCCCCCC/C=C\CCCCCCCCCCC)OC(=O)CCCCCCCC/C=C\C=C/CCCCC. The molecule has 1 atom stereocenters. The van der Waals surface area contributed by atoms with Crippen LogP contribution in [0.3, 0.4) is 0 Å². The fourth-order valence-corrected chi connectivity index (χ4v) is 7.95. The van der Waals surface area contributed by atoms with E-state index in [9.17, 15) is 14.4 Å². The van der Waals surface area contributed by atoms with Gasteiger partial charge in [0.2, 0.25) is 0 Å². The van der Waals surface area contributed by atoms with Crippen molar-refractivity contribution in [1.29, 1.82) is 0 Å². The minimum Gasteiger partial charge on any atom is -0.462 e. The number of hydrogen-bond acceptors (Lipinski definition) is 6. The van der Waals surface area contributed by atoms with Gasteiger partial charge in [-0.25, -0.2) is 0 Å². The number of unbranched alkanes of at least 4 members (excludes halogenated alkanes) is 32. The van der Waals surface area contributed by atoms with Crippen LogP contribution >= 0.6 is 0 Å². The predicted molar refractivity (Wildman–Crippen MR) is 284 cm³/mol. The maximum atomic E-state index is 12.8. The van der Waals surface area contributed by atoms with Crippen molar-refractivity contribution in [2.75, 3.05) is 13.2 Å². The molecular weight excluding hydrogens is 817 g/mol. The molecule has 6 nitrogen and oxygen atoms in total. The van der Waals surface area contributed by atoms with Crippen LogP contribution in [0.25, 0.3) is 0 Å². The van der Waals surface area contributed by atoms with Gasteiger partial charge in [0.15, 0.2) is 6.10 Å². The Hall–Kier alpha value is -2.89. The molecule has 1 unspecified atom stereocenters. The van der Waals surface area contributed by atoms with Gasteiger partial charge in [-0.15, -0.1) is 0 Å². The molecule has 66 heavy (non-hydrogen) atoms. The van der Waals surface area contributed by atoms with Crippen LogP contribution in [-0.2, 0) is 28.6 Å². The molecule has 0 heterocycles. The van der Waals surface area contributed by atoms with Gasteiger partial charge < -0.3 is 14.2 Å². The van der Waals surface area contributed by atoms with Crippen molar-refractivity contribution in [2.24, 2.45) is 0 Å². The quantitative estimate of drug-likeness (QED) is 0.0199. The van der Waals surface area contributed by atoms with E-state index in [-0.39, 0.29) is 31.1 Å². The lowest BCUT2D eigenvalue weighted by atomic mass is 10.1. The predicted octanol–water partition coefficient (Wildman–Crippen LogP) is 18.8. The summed E-state index contributed by atoms with van der Waals surface area (Å²) >= 11 is 0. The first-order valence-electron chi connectivity index (χ1n) is 28.3. The van der Waals surface area contributed by atoms with Crippen LogP contribution in [0, 0.1) is 0 Å². The van der Waals surface area contributed by atoms with E-state index in [4.69, 9.17) is 14.2 Å². The van der Waals surface area contributed by atoms with E-state index >= 15 is 0 Å². The van der Waals surface area contributed by atoms with Crippen molar-refractivity contribution in [2.45, 2.75) is 290 Å². The molecule has 0 aromatic rings. The average molecular weight is 924 g/mol. The summed E-state index contributed by atoms with van der Waals surface area (Å²) in [7, 11) is 0. The summed E-state index contributed by atoms with van der Waals surface area (Å²) < 4.78 is 16.8. The Balaban J connectivity index is 4.41. The van der Waals surface area contributed by atoms with Crippen LogP contribution in [-0.4, -0.2) is 37.2 Å². The molecule has 0 bridgehead atoms. The Morgan fingerprint density at radius 3 is 0.879 bits per heavy atom. The van der Waals surface area contributed by atoms with Crippen molar-refractivity contribution in [3.63, 3.8) is 0 Å². The van der Waals surface area contributed by atoms with Crippen molar-refractivity contribution < 1.29 is 28.6 Å². The highest BCUT2D eigenvalue weighted by atomic mass is 16.6. The van der Waals surface area contributed by atoms with E-state index in [0.717, 1.165) is 83.5 Å². The molecule has 0 saturated carbocycles. The van der Waals surface area contributed by atoms with Crippen LogP contribution in [0.2, 0.25) is 0 Å². The van der Waals surface area contributed by atoms with E-state index in [0.29, 0.717) is 19.3 Å². The van der Waals surface area contributed by atoms with Crippen molar-refractivity contribution >= 4 is 17.9 Å².